The summed E-state index contributed by atoms with van der Waals surface area (Å²) < 4.78 is 5.80. The summed E-state index contributed by atoms with van der Waals surface area (Å²) in [5.74, 6) is 0.645. The van der Waals surface area contributed by atoms with Gasteiger partial charge >= 0.3 is 6.09 Å². The van der Waals surface area contributed by atoms with E-state index in [2.05, 4.69) is 9.97 Å². The van der Waals surface area contributed by atoms with Crippen LogP contribution >= 0.6 is 11.6 Å². The molecule has 0 spiro atoms. The Morgan fingerprint density at radius 2 is 2.30 bits per heavy atom. The normalized spacial score (nSPS) is 18.4. The molecule has 1 aromatic carbocycles. The van der Waals surface area contributed by atoms with Crippen LogP contribution in [-0.2, 0) is 0 Å². The fraction of sp³-hybridized carbons (Fsp3) is 0.308. The molecule has 0 unspecified atom stereocenters. The van der Waals surface area contributed by atoms with Crippen molar-refractivity contribution < 1.29 is 14.6 Å². The highest BCUT2D eigenvalue weighted by Crippen LogP contribution is 2.26. The maximum absolute atomic E-state index is 10.9. The third-order valence-electron chi connectivity index (χ3n) is 3.28. The third kappa shape index (κ3) is 2.46. The zero-order valence-corrected chi connectivity index (χ0v) is 11.2. The molecule has 0 saturated carbocycles. The van der Waals surface area contributed by atoms with Crippen LogP contribution in [-0.4, -0.2) is 45.3 Å². The summed E-state index contributed by atoms with van der Waals surface area (Å²) in [5.41, 5.74) is 0.746. The number of aromatic nitrogens is 2. The van der Waals surface area contributed by atoms with E-state index >= 15 is 0 Å². The van der Waals surface area contributed by atoms with Crippen molar-refractivity contribution in [1.82, 2.24) is 14.9 Å². The van der Waals surface area contributed by atoms with Gasteiger partial charge in [0.1, 0.15) is 23.3 Å². The first-order valence-electron chi connectivity index (χ1n) is 6.18. The van der Waals surface area contributed by atoms with Crippen LogP contribution < -0.4 is 4.74 Å². The summed E-state index contributed by atoms with van der Waals surface area (Å²) >= 11 is 6.02. The van der Waals surface area contributed by atoms with Crippen molar-refractivity contribution in [2.24, 2.45) is 0 Å². The number of likely N-dealkylation sites (tertiary alicyclic amines) is 1. The van der Waals surface area contributed by atoms with Crippen LogP contribution in [0, 0.1) is 0 Å². The second-order valence-electron chi connectivity index (χ2n) is 4.60. The number of halogens is 1. The minimum absolute atomic E-state index is 0.132. The van der Waals surface area contributed by atoms with Crippen molar-refractivity contribution in [2.45, 2.75) is 12.5 Å². The molecule has 6 nitrogen and oxygen atoms in total. The van der Waals surface area contributed by atoms with E-state index in [-0.39, 0.29) is 6.10 Å². The average Bonchev–Trinajstić information content (AvgIpc) is 2.88. The Balaban J connectivity index is 1.78. The van der Waals surface area contributed by atoms with E-state index in [0.717, 1.165) is 10.9 Å². The van der Waals surface area contributed by atoms with Crippen molar-refractivity contribution in [3.63, 3.8) is 0 Å². The highest BCUT2D eigenvalue weighted by molar-refractivity contribution is 6.34. The average molecular weight is 294 g/mol. The second kappa shape index (κ2) is 5.13. The number of hydrogen-bond donors (Lipinski definition) is 1. The van der Waals surface area contributed by atoms with Crippen molar-refractivity contribution in [1.29, 1.82) is 0 Å². The number of ether oxygens (including phenoxy) is 1. The Morgan fingerprint density at radius 1 is 1.45 bits per heavy atom. The number of carboxylic acid groups (broad SMARTS) is 1. The number of fused-ring (bicyclic) bond motifs is 1. The lowest BCUT2D eigenvalue weighted by Crippen LogP contribution is -2.29. The van der Waals surface area contributed by atoms with Crippen LogP contribution in [0.3, 0.4) is 0 Å². The third-order valence-corrected chi connectivity index (χ3v) is 3.58. The Kier molecular flexibility index (Phi) is 3.31. The molecule has 1 atom stereocenters. The molecule has 0 bridgehead atoms. The van der Waals surface area contributed by atoms with Crippen LogP contribution in [0.15, 0.2) is 24.5 Å². The summed E-state index contributed by atoms with van der Waals surface area (Å²) in [5, 5.41) is 10.0. The quantitative estimate of drug-likeness (QED) is 0.861. The van der Waals surface area contributed by atoms with Crippen molar-refractivity contribution in [3.05, 3.63) is 29.7 Å². The molecule has 0 radical (unpaired) electrons. The zero-order chi connectivity index (χ0) is 14.1. The number of carbonyl (C=O) groups is 1. The molecule has 1 aromatic heterocycles. The molecular weight excluding hydrogens is 282 g/mol. The van der Waals surface area contributed by atoms with E-state index in [4.69, 9.17) is 21.4 Å². The van der Waals surface area contributed by atoms with Gasteiger partial charge in [-0.15, -0.1) is 0 Å². The van der Waals surface area contributed by atoms with Gasteiger partial charge in [-0.3, -0.25) is 0 Å². The van der Waals surface area contributed by atoms with E-state index in [1.54, 1.807) is 12.1 Å². The van der Waals surface area contributed by atoms with Crippen LogP contribution in [0.1, 0.15) is 6.42 Å². The molecule has 20 heavy (non-hydrogen) atoms. The monoisotopic (exact) mass is 293 g/mol. The lowest BCUT2D eigenvalue weighted by Gasteiger charge is -2.14. The lowest BCUT2D eigenvalue weighted by molar-refractivity contribution is 0.145. The first-order valence-corrected chi connectivity index (χ1v) is 6.56. The second-order valence-corrected chi connectivity index (χ2v) is 4.96. The fourth-order valence-electron chi connectivity index (χ4n) is 2.27. The van der Waals surface area contributed by atoms with Gasteiger partial charge in [-0.2, -0.15) is 0 Å². The molecule has 1 N–H and O–H groups in total. The minimum atomic E-state index is -0.911. The number of nitrogens with zero attached hydrogens (tertiary/aromatic N) is 3. The van der Waals surface area contributed by atoms with Crippen LogP contribution in [0.25, 0.3) is 10.9 Å². The predicted molar refractivity (Wildman–Crippen MR) is 73.2 cm³/mol. The fourth-order valence-corrected chi connectivity index (χ4v) is 2.46. The molecule has 2 heterocycles. The Morgan fingerprint density at radius 3 is 3.05 bits per heavy atom. The Labute approximate surface area is 120 Å². The molecule has 1 aliphatic rings. The predicted octanol–water partition coefficient (Wildman–Crippen LogP) is 2.41. The van der Waals surface area contributed by atoms with Crippen molar-refractivity contribution in [2.75, 3.05) is 13.1 Å². The number of benzene rings is 1. The van der Waals surface area contributed by atoms with Crippen LogP contribution in [0.4, 0.5) is 4.79 Å². The molecule has 1 saturated heterocycles. The van der Waals surface area contributed by atoms with Crippen LogP contribution in [0.2, 0.25) is 5.15 Å². The number of hydrogen-bond acceptors (Lipinski definition) is 4. The largest absolute Gasteiger partial charge is 0.488 e. The van der Waals surface area contributed by atoms with E-state index in [1.807, 2.05) is 6.07 Å². The summed E-state index contributed by atoms with van der Waals surface area (Å²) in [6, 6.07) is 5.39. The molecule has 1 fully saturated rings. The summed E-state index contributed by atoms with van der Waals surface area (Å²) in [6.45, 7) is 0.879. The highest BCUT2D eigenvalue weighted by Gasteiger charge is 2.27. The van der Waals surface area contributed by atoms with E-state index in [1.165, 1.54) is 11.2 Å². The molecule has 7 heteroatoms. The Hall–Kier alpha value is -2.08. The van der Waals surface area contributed by atoms with Gasteiger partial charge in [-0.05, 0) is 18.2 Å². The summed E-state index contributed by atoms with van der Waals surface area (Å²) in [4.78, 5) is 20.2. The van der Waals surface area contributed by atoms with Crippen molar-refractivity contribution >= 4 is 28.6 Å². The molecule has 104 valence electrons. The van der Waals surface area contributed by atoms with E-state index < -0.39 is 6.09 Å². The topological polar surface area (TPSA) is 75.5 Å². The lowest BCUT2D eigenvalue weighted by atomic mass is 10.2. The van der Waals surface area contributed by atoms with Gasteiger partial charge < -0.3 is 14.7 Å². The van der Waals surface area contributed by atoms with E-state index in [0.29, 0.717) is 30.4 Å². The highest BCUT2D eigenvalue weighted by atomic mass is 35.5. The Bertz CT molecular complexity index is 664. The molecule has 0 aliphatic carbocycles. The van der Waals surface area contributed by atoms with Gasteiger partial charge in [0.05, 0.1) is 12.1 Å². The van der Waals surface area contributed by atoms with Gasteiger partial charge in [0.15, 0.2) is 0 Å². The molecule has 1 aliphatic heterocycles. The SMILES string of the molecule is O=C(O)N1CC[C@H](Oc2ccc3ncnc(Cl)c3c2)C1. The molecular formula is C13H12ClN3O3. The molecule has 1 amide bonds. The van der Waals surface area contributed by atoms with Gasteiger partial charge in [0.2, 0.25) is 0 Å². The van der Waals surface area contributed by atoms with Gasteiger partial charge in [0, 0.05) is 18.4 Å². The number of amides is 1. The summed E-state index contributed by atoms with van der Waals surface area (Å²) in [6.07, 6.45) is 1.05. The minimum Gasteiger partial charge on any atom is -0.488 e. The van der Waals surface area contributed by atoms with Crippen molar-refractivity contribution in [3.8, 4) is 5.75 Å². The number of rotatable bonds is 2. The smallest absolute Gasteiger partial charge is 0.407 e. The van der Waals surface area contributed by atoms with Gasteiger partial charge in [-0.1, -0.05) is 11.6 Å². The van der Waals surface area contributed by atoms with Gasteiger partial charge in [-0.25, -0.2) is 14.8 Å². The summed E-state index contributed by atoms with van der Waals surface area (Å²) in [7, 11) is 0. The molecule has 3 rings (SSSR count). The molecule has 2 aromatic rings. The maximum Gasteiger partial charge on any atom is 0.407 e. The standard InChI is InChI=1S/C13H12ClN3O3/c14-12-10-5-8(1-2-11(10)15-7-16-12)20-9-3-4-17(6-9)13(18)19/h1-2,5,7,9H,3-4,6H2,(H,18,19)/t9-/m0/s1. The van der Waals surface area contributed by atoms with E-state index in [9.17, 15) is 4.79 Å². The van der Waals surface area contributed by atoms with Crippen LogP contribution in [0.5, 0.6) is 5.75 Å². The van der Waals surface area contributed by atoms with Gasteiger partial charge in [0.25, 0.3) is 0 Å². The first kappa shape index (κ1) is 12.9. The first-order chi connectivity index (χ1) is 9.63. The maximum atomic E-state index is 10.9. The zero-order valence-electron chi connectivity index (χ0n) is 10.5.